The number of carbonyl (C=O) groups excluding carboxylic acids is 2. The molecule has 4 aromatic rings. The number of ether oxygens (including phenoxy) is 1. The van der Waals surface area contributed by atoms with Crippen LogP contribution in [0.3, 0.4) is 0 Å². The average molecular weight is 717 g/mol. The first-order valence-electron chi connectivity index (χ1n) is 14.9. The Balaban J connectivity index is 1.83. The molecule has 0 aliphatic heterocycles. The monoisotopic (exact) mass is 715 g/mol. The number of anilines is 1. The van der Waals surface area contributed by atoms with Crippen LogP contribution in [-0.4, -0.2) is 51.4 Å². The molecule has 248 valence electrons. The molecule has 8 nitrogen and oxygen atoms in total. The van der Waals surface area contributed by atoms with E-state index in [-0.39, 0.29) is 34.5 Å². The fourth-order valence-electron chi connectivity index (χ4n) is 4.87. The lowest BCUT2D eigenvalue weighted by Gasteiger charge is -2.34. The van der Waals surface area contributed by atoms with Crippen LogP contribution in [0.1, 0.15) is 25.0 Å². The number of hydrogen-bond acceptors (Lipinski definition) is 5. The Kier molecular flexibility index (Phi) is 12.6. The number of nitrogens with zero attached hydrogens (tertiary/aromatic N) is 2. The van der Waals surface area contributed by atoms with Gasteiger partial charge in [-0.3, -0.25) is 13.9 Å². The largest absolute Gasteiger partial charge is 0.497 e. The van der Waals surface area contributed by atoms with Crippen LogP contribution in [-0.2, 0) is 32.6 Å². The van der Waals surface area contributed by atoms with Crippen LogP contribution in [0.4, 0.5) is 5.69 Å². The fraction of sp³-hybridized carbons (Fsp3) is 0.257. The molecule has 1 unspecified atom stereocenters. The summed E-state index contributed by atoms with van der Waals surface area (Å²) in [6, 6.07) is 25.2. The zero-order chi connectivity index (χ0) is 34.1. The van der Waals surface area contributed by atoms with E-state index in [1.807, 2.05) is 44.2 Å². The van der Waals surface area contributed by atoms with Crippen molar-refractivity contribution in [2.75, 3.05) is 24.5 Å². The highest BCUT2D eigenvalue weighted by atomic mass is 35.5. The third-order valence-corrected chi connectivity index (χ3v) is 10.1. The summed E-state index contributed by atoms with van der Waals surface area (Å²) >= 11 is 19.4. The Morgan fingerprint density at radius 1 is 0.851 bits per heavy atom. The summed E-state index contributed by atoms with van der Waals surface area (Å²) in [4.78, 5) is 29.8. The SMILES string of the molecule is COc1ccc(S(=O)(=O)N(CC(=O)N(Cc2c(Cl)cccc2Cl)C(Cc2ccccc2)C(=O)NCC(C)C)c2cccc(Cl)c2)cc1. The van der Waals surface area contributed by atoms with Crippen LogP contribution in [0.15, 0.2) is 102 Å². The van der Waals surface area contributed by atoms with E-state index in [0.717, 1.165) is 9.87 Å². The Morgan fingerprint density at radius 2 is 1.49 bits per heavy atom. The van der Waals surface area contributed by atoms with Gasteiger partial charge in [-0.15, -0.1) is 0 Å². The van der Waals surface area contributed by atoms with Gasteiger partial charge in [0.1, 0.15) is 18.3 Å². The lowest BCUT2D eigenvalue weighted by atomic mass is 10.0. The van der Waals surface area contributed by atoms with Gasteiger partial charge in [-0.1, -0.05) is 91.1 Å². The van der Waals surface area contributed by atoms with E-state index in [1.54, 1.807) is 36.4 Å². The molecule has 0 radical (unpaired) electrons. The van der Waals surface area contributed by atoms with Crippen LogP contribution in [0.25, 0.3) is 0 Å². The molecule has 4 aromatic carbocycles. The number of halogens is 3. The van der Waals surface area contributed by atoms with Crippen molar-refractivity contribution >= 4 is 62.3 Å². The minimum absolute atomic E-state index is 0.0673. The smallest absolute Gasteiger partial charge is 0.264 e. The summed E-state index contributed by atoms with van der Waals surface area (Å²) in [5.74, 6) is -0.440. The van der Waals surface area contributed by atoms with Crippen molar-refractivity contribution in [3.05, 3.63) is 123 Å². The summed E-state index contributed by atoms with van der Waals surface area (Å²) < 4.78 is 34.6. The van der Waals surface area contributed by atoms with Crippen LogP contribution < -0.4 is 14.4 Å². The molecule has 12 heteroatoms. The van der Waals surface area contributed by atoms with Crippen LogP contribution in [0.2, 0.25) is 15.1 Å². The molecule has 47 heavy (non-hydrogen) atoms. The van der Waals surface area contributed by atoms with Gasteiger partial charge in [0.25, 0.3) is 10.0 Å². The maximum Gasteiger partial charge on any atom is 0.264 e. The zero-order valence-corrected chi connectivity index (χ0v) is 29.3. The molecular formula is C35H36Cl3N3O5S. The lowest BCUT2D eigenvalue weighted by Crippen LogP contribution is -2.53. The molecule has 2 amide bonds. The maximum atomic E-state index is 14.6. The summed E-state index contributed by atoms with van der Waals surface area (Å²) in [5, 5.41) is 3.83. The first-order chi connectivity index (χ1) is 22.4. The third kappa shape index (κ3) is 9.41. The van der Waals surface area contributed by atoms with E-state index < -0.39 is 34.4 Å². The molecule has 0 aliphatic carbocycles. The topological polar surface area (TPSA) is 96.0 Å². The first-order valence-corrected chi connectivity index (χ1v) is 17.4. The van der Waals surface area contributed by atoms with Crippen LogP contribution in [0.5, 0.6) is 5.75 Å². The van der Waals surface area contributed by atoms with Gasteiger partial charge in [-0.25, -0.2) is 8.42 Å². The molecule has 1 atom stereocenters. The normalized spacial score (nSPS) is 12.0. The van der Waals surface area contributed by atoms with Gasteiger partial charge in [0.15, 0.2) is 0 Å². The molecule has 0 fully saturated rings. The summed E-state index contributed by atoms with van der Waals surface area (Å²) in [6.07, 6.45) is 0.154. The first kappa shape index (κ1) is 36.1. The van der Waals surface area contributed by atoms with Gasteiger partial charge >= 0.3 is 0 Å². The average Bonchev–Trinajstić information content (AvgIpc) is 3.05. The number of hydrogen-bond donors (Lipinski definition) is 1. The van der Waals surface area contributed by atoms with Crippen molar-refractivity contribution in [2.24, 2.45) is 5.92 Å². The van der Waals surface area contributed by atoms with Crippen LogP contribution in [0, 0.1) is 5.92 Å². The van der Waals surface area contributed by atoms with Crippen molar-refractivity contribution < 1.29 is 22.7 Å². The number of sulfonamides is 1. The third-order valence-electron chi connectivity index (χ3n) is 7.37. The molecule has 0 bridgehead atoms. The Hall–Kier alpha value is -3.76. The highest BCUT2D eigenvalue weighted by Gasteiger charge is 2.35. The standard InChI is InChI=1S/C35H36Cl3N3O5S/c1-24(2)21-39-35(43)33(19-25-9-5-4-6-10-25)40(22-30-31(37)13-8-14-32(30)38)34(42)23-41(27-12-7-11-26(36)20-27)47(44,45)29-17-15-28(46-3)16-18-29/h4-18,20,24,33H,19,21-23H2,1-3H3,(H,39,43). The molecule has 0 saturated carbocycles. The van der Waals surface area contributed by atoms with Crippen molar-refractivity contribution in [1.82, 2.24) is 10.2 Å². The molecular weight excluding hydrogens is 681 g/mol. The van der Waals surface area contributed by atoms with Gasteiger partial charge in [-0.2, -0.15) is 0 Å². The quantitative estimate of drug-likeness (QED) is 0.148. The van der Waals surface area contributed by atoms with Crippen molar-refractivity contribution in [1.29, 1.82) is 0 Å². The van der Waals surface area contributed by atoms with Crippen molar-refractivity contribution in [3.63, 3.8) is 0 Å². The number of amides is 2. The van der Waals surface area contributed by atoms with Gasteiger partial charge < -0.3 is 15.0 Å². The molecule has 0 heterocycles. The van der Waals surface area contributed by atoms with Crippen molar-refractivity contribution in [2.45, 2.75) is 37.8 Å². The van der Waals surface area contributed by atoms with Gasteiger partial charge in [-0.05, 0) is 66.1 Å². The second-order valence-corrected chi connectivity index (χ2v) is 14.3. The second kappa shape index (κ2) is 16.4. The van der Waals surface area contributed by atoms with E-state index in [1.165, 1.54) is 42.3 Å². The number of nitrogens with one attached hydrogen (secondary N) is 1. The number of methoxy groups -OCH3 is 1. The molecule has 0 spiro atoms. The zero-order valence-electron chi connectivity index (χ0n) is 26.2. The van der Waals surface area contributed by atoms with E-state index in [2.05, 4.69) is 5.32 Å². The Morgan fingerprint density at radius 3 is 2.09 bits per heavy atom. The predicted molar refractivity (Wildman–Crippen MR) is 188 cm³/mol. The highest BCUT2D eigenvalue weighted by Crippen LogP contribution is 2.30. The molecule has 4 rings (SSSR count). The van der Waals surface area contributed by atoms with Crippen LogP contribution >= 0.6 is 34.8 Å². The maximum absolute atomic E-state index is 14.6. The van der Waals surface area contributed by atoms with E-state index in [4.69, 9.17) is 39.5 Å². The highest BCUT2D eigenvalue weighted by molar-refractivity contribution is 7.92. The van der Waals surface area contributed by atoms with E-state index in [9.17, 15) is 18.0 Å². The van der Waals surface area contributed by atoms with E-state index in [0.29, 0.717) is 27.9 Å². The minimum atomic E-state index is -4.32. The van der Waals surface area contributed by atoms with E-state index >= 15 is 0 Å². The Bertz CT molecular complexity index is 1770. The number of benzene rings is 4. The second-order valence-electron chi connectivity index (χ2n) is 11.2. The predicted octanol–water partition coefficient (Wildman–Crippen LogP) is 7.26. The van der Waals surface area contributed by atoms with Crippen molar-refractivity contribution in [3.8, 4) is 5.75 Å². The number of carbonyl (C=O) groups is 2. The summed E-state index contributed by atoms with van der Waals surface area (Å²) in [6.45, 7) is 3.49. The number of rotatable bonds is 14. The molecule has 0 aliphatic rings. The molecule has 0 aromatic heterocycles. The van der Waals surface area contributed by atoms with Gasteiger partial charge in [0.2, 0.25) is 11.8 Å². The Labute approximate surface area is 291 Å². The molecule has 0 saturated heterocycles. The minimum Gasteiger partial charge on any atom is -0.497 e. The lowest BCUT2D eigenvalue weighted by molar-refractivity contribution is -0.140. The molecule has 1 N–H and O–H groups in total. The van der Waals surface area contributed by atoms with Gasteiger partial charge in [0, 0.05) is 40.1 Å². The summed E-state index contributed by atoms with van der Waals surface area (Å²) in [5.41, 5.74) is 1.39. The fourth-order valence-corrected chi connectivity index (χ4v) is 6.97. The van der Waals surface area contributed by atoms with Gasteiger partial charge in [0.05, 0.1) is 17.7 Å². The summed E-state index contributed by atoms with van der Waals surface area (Å²) in [7, 11) is -2.85.